The van der Waals surface area contributed by atoms with Crippen LogP contribution in [0.3, 0.4) is 0 Å². The lowest BCUT2D eigenvalue weighted by Crippen LogP contribution is -2.19. The van der Waals surface area contributed by atoms with Crippen molar-refractivity contribution in [1.82, 2.24) is 5.32 Å². The highest BCUT2D eigenvalue weighted by molar-refractivity contribution is 9.10. The molecular formula is C18H22BrNO. The van der Waals surface area contributed by atoms with E-state index in [0.717, 1.165) is 16.6 Å². The molecule has 0 bridgehead atoms. The van der Waals surface area contributed by atoms with Gasteiger partial charge < -0.3 is 10.1 Å². The van der Waals surface area contributed by atoms with Gasteiger partial charge in [0.2, 0.25) is 0 Å². The van der Waals surface area contributed by atoms with E-state index in [1.165, 1.54) is 16.7 Å². The highest BCUT2D eigenvalue weighted by Crippen LogP contribution is 2.29. The number of hydrogen-bond donors (Lipinski definition) is 1. The van der Waals surface area contributed by atoms with E-state index >= 15 is 0 Å². The maximum atomic E-state index is 5.54. The van der Waals surface area contributed by atoms with Gasteiger partial charge in [0, 0.05) is 10.5 Å². The van der Waals surface area contributed by atoms with Crippen molar-refractivity contribution in [1.29, 1.82) is 0 Å². The molecule has 0 amide bonds. The number of nitrogens with one attached hydrogen (secondary N) is 1. The van der Waals surface area contributed by atoms with Crippen LogP contribution in [0.15, 0.2) is 46.9 Å². The summed E-state index contributed by atoms with van der Waals surface area (Å²) in [6.07, 6.45) is 0.963. The highest BCUT2D eigenvalue weighted by Gasteiger charge is 2.14. The Balaban J connectivity index is 2.21. The minimum Gasteiger partial charge on any atom is -0.494 e. The molecule has 1 N–H and O–H groups in total. The molecular weight excluding hydrogens is 326 g/mol. The van der Waals surface area contributed by atoms with E-state index in [9.17, 15) is 0 Å². The Morgan fingerprint density at radius 2 is 2.00 bits per heavy atom. The van der Waals surface area contributed by atoms with Gasteiger partial charge >= 0.3 is 0 Å². The van der Waals surface area contributed by atoms with Crippen LogP contribution >= 0.6 is 15.9 Å². The molecule has 0 heterocycles. The summed E-state index contributed by atoms with van der Waals surface area (Å²) in [7, 11) is 2.00. The molecule has 2 nitrogen and oxygen atoms in total. The van der Waals surface area contributed by atoms with Crippen molar-refractivity contribution in [3.63, 3.8) is 0 Å². The van der Waals surface area contributed by atoms with E-state index in [1.807, 2.05) is 26.1 Å². The molecule has 0 aliphatic rings. The number of hydrogen-bond acceptors (Lipinski definition) is 2. The fourth-order valence-electron chi connectivity index (χ4n) is 2.49. The third-order valence-electron chi connectivity index (χ3n) is 3.53. The van der Waals surface area contributed by atoms with Gasteiger partial charge in [-0.1, -0.05) is 51.8 Å². The van der Waals surface area contributed by atoms with Gasteiger partial charge in [-0.2, -0.15) is 0 Å². The lowest BCUT2D eigenvalue weighted by atomic mass is 9.98. The third kappa shape index (κ3) is 4.32. The van der Waals surface area contributed by atoms with Crippen molar-refractivity contribution in [3.05, 3.63) is 63.6 Å². The number of halogens is 1. The molecule has 0 radical (unpaired) electrons. The maximum Gasteiger partial charge on any atom is 0.120 e. The predicted octanol–water partition coefficient (Wildman–Crippen LogP) is 4.66. The average Bonchev–Trinajstić information content (AvgIpc) is 2.46. The van der Waals surface area contributed by atoms with Crippen molar-refractivity contribution >= 4 is 15.9 Å². The number of benzene rings is 2. The molecule has 112 valence electrons. The first-order valence-electron chi connectivity index (χ1n) is 7.29. The SMILES string of the molecule is CCOc1ccc(C(Cc2cccc(C)c2)NC)c(Br)c1. The van der Waals surface area contributed by atoms with E-state index in [-0.39, 0.29) is 6.04 Å². The van der Waals surface area contributed by atoms with Crippen molar-refractivity contribution in [2.24, 2.45) is 0 Å². The lowest BCUT2D eigenvalue weighted by Gasteiger charge is -2.19. The van der Waals surface area contributed by atoms with Crippen LogP contribution in [0.5, 0.6) is 5.75 Å². The summed E-state index contributed by atoms with van der Waals surface area (Å²) in [5.74, 6) is 0.901. The standard InChI is InChI=1S/C18H22BrNO/c1-4-21-15-8-9-16(17(19)12-15)18(20-3)11-14-7-5-6-13(2)10-14/h5-10,12,18,20H,4,11H2,1-3H3. The predicted molar refractivity (Wildman–Crippen MR) is 92.0 cm³/mol. The molecule has 0 aliphatic heterocycles. The minimum atomic E-state index is 0.275. The summed E-state index contributed by atoms with van der Waals surface area (Å²) in [6.45, 7) is 4.81. The first-order chi connectivity index (χ1) is 10.1. The highest BCUT2D eigenvalue weighted by atomic mass is 79.9. The van der Waals surface area contributed by atoms with Gasteiger partial charge in [-0.25, -0.2) is 0 Å². The molecule has 2 rings (SSSR count). The Hall–Kier alpha value is -1.32. The fraction of sp³-hybridized carbons (Fsp3) is 0.333. The Bertz CT molecular complexity index is 598. The zero-order valence-electron chi connectivity index (χ0n) is 12.8. The summed E-state index contributed by atoms with van der Waals surface area (Å²) in [5, 5.41) is 3.41. The molecule has 0 saturated heterocycles. The Kier molecular flexibility index (Phi) is 5.83. The molecule has 1 atom stereocenters. The van der Waals surface area contributed by atoms with Crippen molar-refractivity contribution in [3.8, 4) is 5.75 Å². The van der Waals surface area contributed by atoms with Gasteiger partial charge in [0.1, 0.15) is 5.75 Å². The van der Waals surface area contributed by atoms with Crippen LogP contribution in [0.25, 0.3) is 0 Å². The van der Waals surface area contributed by atoms with Gasteiger partial charge in [-0.3, -0.25) is 0 Å². The molecule has 0 spiro atoms. The number of aryl methyl sites for hydroxylation is 1. The zero-order valence-corrected chi connectivity index (χ0v) is 14.4. The van der Waals surface area contributed by atoms with E-state index in [2.05, 4.69) is 58.5 Å². The molecule has 2 aromatic carbocycles. The second-order valence-corrected chi connectivity index (χ2v) is 6.01. The van der Waals surface area contributed by atoms with Crippen LogP contribution in [-0.4, -0.2) is 13.7 Å². The van der Waals surface area contributed by atoms with Crippen molar-refractivity contribution in [2.45, 2.75) is 26.3 Å². The van der Waals surface area contributed by atoms with Crippen LogP contribution in [0.1, 0.15) is 29.7 Å². The van der Waals surface area contributed by atoms with Crippen LogP contribution in [-0.2, 0) is 6.42 Å². The quantitative estimate of drug-likeness (QED) is 0.820. The summed E-state index contributed by atoms with van der Waals surface area (Å²) in [6, 6.07) is 15.1. The number of rotatable bonds is 6. The van der Waals surface area contributed by atoms with E-state index in [0.29, 0.717) is 6.61 Å². The van der Waals surface area contributed by atoms with E-state index in [1.54, 1.807) is 0 Å². The molecule has 0 aromatic heterocycles. The van der Waals surface area contributed by atoms with Crippen LogP contribution in [0.2, 0.25) is 0 Å². The van der Waals surface area contributed by atoms with Gasteiger partial charge in [-0.15, -0.1) is 0 Å². The fourth-order valence-corrected chi connectivity index (χ4v) is 3.12. The first-order valence-corrected chi connectivity index (χ1v) is 8.08. The molecule has 1 unspecified atom stereocenters. The van der Waals surface area contributed by atoms with Crippen LogP contribution in [0.4, 0.5) is 0 Å². The summed E-state index contributed by atoms with van der Waals surface area (Å²) < 4.78 is 6.62. The molecule has 2 aromatic rings. The zero-order chi connectivity index (χ0) is 15.2. The van der Waals surface area contributed by atoms with Gasteiger partial charge in [0.05, 0.1) is 6.61 Å². The Labute approximate surface area is 135 Å². The second kappa shape index (κ2) is 7.62. The average molecular weight is 348 g/mol. The summed E-state index contributed by atoms with van der Waals surface area (Å²) in [4.78, 5) is 0. The van der Waals surface area contributed by atoms with E-state index in [4.69, 9.17) is 4.74 Å². The van der Waals surface area contributed by atoms with Gasteiger partial charge in [0.25, 0.3) is 0 Å². The van der Waals surface area contributed by atoms with Crippen LogP contribution < -0.4 is 10.1 Å². The Morgan fingerprint density at radius 1 is 1.19 bits per heavy atom. The van der Waals surface area contributed by atoms with Crippen molar-refractivity contribution < 1.29 is 4.74 Å². The van der Waals surface area contributed by atoms with Gasteiger partial charge in [0.15, 0.2) is 0 Å². The van der Waals surface area contributed by atoms with Gasteiger partial charge in [-0.05, 0) is 50.6 Å². The smallest absolute Gasteiger partial charge is 0.120 e. The van der Waals surface area contributed by atoms with Crippen LogP contribution in [0, 0.1) is 6.92 Å². The third-order valence-corrected chi connectivity index (χ3v) is 4.22. The molecule has 0 saturated carbocycles. The van der Waals surface area contributed by atoms with Crippen molar-refractivity contribution in [2.75, 3.05) is 13.7 Å². The Morgan fingerprint density at radius 3 is 2.62 bits per heavy atom. The maximum absolute atomic E-state index is 5.54. The summed E-state index contributed by atoms with van der Waals surface area (Å²) in [5.41, 5.74) is 3.89. The molecule has 0 aliphatic carbocycles. The first kappa shape index (κ1) is 16.1. The number of likely N-dealkylation sites (N-methyl/N-ethyl adjacent to an activating group) is 1. The summed E-state index contributed by atoms with van der Waals surface area (Å²) >= 11 is 3.67. The molecule has 0 fully saturated rings. The lowest BCUT2D eigenvalue weighted by molar-refractivity contribution is 0.340. The molecule has 3 heteroatoms. The topological polar surface area (TPSA) is 21.3 Å². The number of ether oxygens (including phenoxy) is 1. The van der Waals surface area contributed by atoms with E-state index < -0.39 is 0 Å². The second-order valence-electron chi connectivity index (χ2n) is 5.15. The molecule has 21 heavy (non-hydrogen) atoms. The monoisotopic (exact) mass is 347 g/mol. The largest absolute Gasteiger partial charge is 0.494 e. The normalized spacial score (nSPS) is 12.2. The minimum absolute atomic E-state index is 0.275.